The Morgan fingerprint density at radius 3 is 2.86 bits per heavy atom. The molecule has 0 amide bonds. The van der Waals surface area contributed by atoms with Crippen molar-refractivity contribution in [2.24, 2.45) is 4.99 Å². The van der Waals surface area contributed by atoms with E-state index < -0.39 is 0 Å². The topological polar surface area (TPSA) is 56.0 Å². The number of aromatic nitrogens is 4. The summed E-state index contributed by atoms with van der Waals surface area (Å²) in [5, 5.41) is 9.04. The van der Waals surface area contributed by atoms with Gasteiger partial charge in [0, 0.05) is 16.8 Å². The molecule has 0 aliphatic carbocycles. The van der Waals surface area contributed by atoms with Crippen LogP contribution in [0.2, 0.25) is 5.02 Å². The van der Waals surface area contributed by atoms with E-state index in [1.54, 1.807) is 6.20 Å². The fraction of sp³-hybridized carbons (Fsp3) is 0.125. The zero-order valence-electron chi connectivity index (χ0n) is 11.9. The second-order valence-corrected chi connectivity index (χ2v) is 5.48. The minimum absolute atomic E-state index is 0.457. The number of aryl methyl sites for hydroxylation is 1. The maximum atomic E-state index is 6.21. The highest BCUT2D eigenvalue weighted by Crippen LogP contribution is 2.27. The van der Waals surface area contributed by atoms with Crippen molar-refractivity contribution >= 4 is 17.3 Å². The van der Waals surface area contributed by atoms with Crippen LogP contribution in [0.5, 0.6) is 0 Å². The third-order valence-corrected chi connectivity index (χ3v) is 3.87. The Morgan fingerprint density at radius 2 is 2.05 bits per heavy atom. The molecule has 0 unspecified atom stereocenters. The Morgan fingerprint density at radius 1 is 1.14 bits per heavy atom. The number of fused-ring (bicyclic) bond motifs is 3. The number of aliphatic imine (C=N–C) groups is 1. The summed E-state index contributed by atoms with van der Waals surface area (Å²) in [5.41, 5.74) is 3.56. The lowest BCUT2D eigenvalue weighted by Gasteiger charge is -2.12. The zero-order chi connectivity index (χ0) is 15.1. The molecule has 3 heterocycles. The van der Waals surface area contributed by atoms with Crippen LogP contribution in [-0.2, 0) is 6.54 Å². The Balaban J connectivity index is 2.01. The summed E-state index contributed by atoms with van der Waals surface area (Å²) in [6.45, 7) is 2.39. The zero-order valence-corrected chi connectivity index (χ0v) is 12.6. The van der Waals surface area contributed by atoms with E-state index in [-0.39, 0.29) is 0 Å². The lowest BCUT2D eigenvalue weighted by molar-refractivity contribution is 0.861. The molecule has 3 aromatic rings. The lowest BCUT2D eigenvalue weighted by atomic mass is 10.0. The first-order chi connectivity index (χ1) is 10.7. The number of hydrogen-bond donors (Lipinski definition) is 0. The highest BCUT2D eigenvalue weighted by atomic mass is 35.5. The molecule has 0 spiro atoms. The van der Waals surface area contributed by atoms with Crippen molar-refractivity contribution < 1.29 is 0 Å². The van der Waals surface area contributed by atoms with Crippen molar-refractivity contribution in [2.75, 3.05) is 0 Å². The van der Waals surface area contributed by atoms with Gasteiger partial charge >= 0.3 is 0 Å². The molecule has 0 radical (unpaired) electrons. The molecule has 5 nitrogen and oxygen atoms in total. The van der Waals surface area contributed by atoms with Gasteiger partial charge in [-0.05, 0) is 37.3 Å². The van der Waals surface area contributed by atoms with Crippen LogP contribution in [-0.4, -0.2) is 25.5 Å². The van der Waals surface area contributed by atoms with Gasteiger partial charge in [0.2, 0.25) is 0 Å². The average molecular weight is 310 g/mol. The standard InChI is InChI=1S/C16H12ClN5/c1-10-20-21-15-9-19-16(13-4-2-3-7-18-13)12-8-11(17)5-6-14(12)22(10)15/h2-8H,9H2,1H3. The van der Waals surface area contributed by atoms with Gasteiger partial charge in [-0.1, -0.05) is 17.7 Å². The molecule has 0 bridgehead atoms. The van der Waals surface area contributed by atoms with Crippen LogP contribution in [0.1, 0.15) is 22.9 Å². The normalized spacial score (nSPS) is 13.1. The first-order valence-electron chi connectivity index (χ1n) is 6.91. The molecular weight excluding hydrogens is 298 g/mol. The lowest BCUT2D eigenvalue weighted by Crippen LogP contribution is -2.09. The largest absolute Gasteiger partial charge is 0.281 e. The van der Waals surface area contributed by atoms with Crippen LogP contribution in [0.15, 0.2) is 47.6 Å². The molecule has 1 aromatic carbocycles. The summed E-state index contributed by atoms with van der Waals surface area (Å²) in [6.07, 6.45) is 1.76. The monoisotopic (exact) mass is 309 g/mol. The number of hydrogen-bond acceptors (Lipinski definition) is 4. The van der Waals surface area contributed by atoms with Crippen LogP contribution in [0.3, 0.4) is 0 Å². The van der Waals surface area contributed by atoms with Crippen LogP contribution in [0.25, 0.3) is 5.69 Å². The molecule has 4 rings (SSSR count). The quantitative estimate of drug-likeness (QED) is 0.694. The molecular formula is C16H12ClN5. The fourth-order valence-corrected chi connectivity index (χ4v) is 2.84. The molecule has 6 heteroatoms. The van der Waals surface area contributed by atoms with E-state index in [1.165, 1.54) is 0 Å². The van der Waals surface area contributed by atoms with Crippen molar-refractivity contribution in [3.8, 4) is 5.69 Å². The number of pyridine rings is 1. The summed E-state index contributed by atoms with van der Waals surface area (Å²) in [4.78, 5) is 9.13. The van der Waals surface area contributed by atoms with Crippen LogP contribution >= 0.6 is 11.6 Å². The summed E-state index contributed by atoms with van der Waals surface area (Å²) < 4.78 is 2.02. The first kappa shape index (κ1) is 13.2. The van der Waals surface area contributed by atoms with Crippen LogP contribution < -0.4 is 0 Å². The summed E-state index contributed by atoms with van der Waals surface area (Å²) >= 11 is 6.21. The summed E-state index contributed by atoms with van der Waals surface area (Å²) in [7, 11) is 0. The van der Waals surface area contributed by atoms with Gasteiger partial charge < -0.3 is 0 Å². The van der Waals surface area contributed by atoms with Gasteiger partial charge in [0.05, 0.1) is 17.1 Å². The SMILES string of the molecule is Cc1nnc2n1-c1ccc(Cl)cc1C(c1ccccn1)=NC2. The van der Waals surface area contributed by atoms with E-state index in [1.807, 2.05) is 47.9 Å². The first-order valence-corrected chi connectivity index (χ1v) is 7.29. The van der Waals surface area contributed by atoms with Crippen molar-refractivity contribution in [2.45, 2.75) is 13.5 Å². The molecule has 0 atom stereocenters. The van der Waals surface area contributed by atoms with E-state index in [4.69, 9.17) is 16.6 Å². The van der Waals surface area contributed by atoms with Crippen molar-refractivity contribution in [1.82, 2.24) is 19.7 Å². The van der Waals surface area contributed by atoms with Crippen molar-refractivity contribution in [3.05, 3.63) is 70.5 Å². The second-order valence-electron chi connectivity index (χ2n) is 5.04. The minimum atomic E-state index is 0.457. The Labute approximate surface area is 132 Å². The van der Waals surface area contributed by atoms with Gasteiger partial charge in [-0.3, -0.25) is 14.5 Å². The van der Waals surface area contributed by atoms with Crippen molar-refractivity contribution in [3.63, 3.8) is 0 Å². The average Bonchev–Trinajstić information content (AvgIpc) is 2.82. The molecule has 22 heavy (non-hydrogen) atoms. The Kier molecular flexibility index (Phi) is 3.01. The predicted molar refractivity (Wildman–Crippen MR) is 84.7 cm³/mol. The molecule has 0 saturated carbocycles. The number of rotatable bonds is 1. The fourth-order valence-electron chi connectivity index (χ4n) is 2.67. The maximum absolute atomic E-state index is 6.21. The van der Waals surface area contributed by atoms with Gasteiger partial charge in [-0.15, -0.1) is 10.2 Å². The Hall–Kier alpha value is -2.53. The Bertz CT molecular complexity index is 883. The third kappa shape index (κ3) is 2.02. The molecule has 0 saturated heterocycles. The van der Waals surface area contributed by atoms with Crippen LogP contribution in [0, 0.1) is 6.92 Å². The van der Waals surface area contributed by atoms with Gasteiger partial charge in [0.15, 0.2) is 5.82 Å². The maximum Gasteiger partial charge on any atom is 0.159 e. The number of halogens is 1. The molecule has 108 valence electrons. The third-order valence-electron chi connectivity index (χ3n) is 3.63. The molecule has 1 aliphatic heterocycles. The number of nitrogens with zero attached hydrogens (tertiary/aromatic N) is 5. The van der Waals surface area contributed by atoms with E-state index in [9.17, 15) is 0 Å². The second kappa shape index (κ2) is 5.03. The van der Waals surface area contributed by atoms with E-state index >= 15 is 0 Å². The van der Waals surface area contributed by atoms with E-state index in [0.29, 0.717) is 11.6 Å². The minimum Gasteiger partial charge on any atom is -0.281 e. The van der Waals surface area contributed by atoms with Crippen molar-refractivity contribution in [1.29, 1.82) is 0 Å². The molecule has 0 fully saturated rings. The summed E-state index contributed by atoms with van der Waals surface area (Å²) in [6, 6.07) is 11.5. The highest BCUT2D eigenvalue weighted by Gasteiger charge is 2.22. The van der Waals surface area contributed by atoms with E-state index in [0.717, 1.165) is 34.3 Å². The molecule has 2 aromatic heterocycles. The van der Waals surface area contributed by atoms with Gasteiger partial charge in [0.1, 0.15) is 12.4 Å². The van der Waals surface area contributed by atoms with E-state index in [2.05, 4.69) is 15.2 Å². The smallest absolute Gasteiger partial charge is 0.159 e. The predicted octanol–water partition coefficient (Wildman–Crippen LogP) is 2.98. The van der Waals surface area contributed by atoms with Gasteiger partial charge in [-0.25, -0.2) is 0 Å². The molecule has 0 N–H and O–H groups in total. The summed E-state index contributed by atoms with van der Waals surface area (Å²) in [5.74, 6) is 1.64. The van der Waals surface area contributed by atoms with Gasteiger partial charge in [-0.2, -0.15) is 0 Å². The highest BCUT2D eigenvalue weighted by molar-refractivity contribution is 6.31. The van der Waals surface area contributed by atoms with Crippen LogP contribution in [0.4, 0.5) is 0 Å². The molecule has 1 aliphatic rings. The van der Waals surface area contributed by atoms with Gasteiger partial charge in [0.25, 0.3) is 0 Å². The number of benzene rings is 1.